The molecule has 3 aliphatic heterocycles. The molecule has 0 aliphatic carbocycles. The Morgan fingerprint density at radius 3 is 0.923 bits per heavy atom. The maximum atomic E-state index is 13.2. The Labute approximate surface area is 533 Å². The Kier molecular flexibility index (Phi) is 25.0. The van der Waals surface area contributed by atoms with Crippen molar-refractivity contribution in [3.8, 4) is 0 Å². The molecule has 3 aliphatic rings. The van der Waals surface area contributed by atoms with Crippen molar-refractivity contribution in [2.45, 2.75) is 145 Å². The normalized spacial score (nSPS) is 26.7. The molecular weight excluding hydrogens is 1160 g/mol. The number of aliphatic hydroxyl groups excluding tert-OH is 2. The zero-order valence-corrected chi connectivity index (χ0v) is 51.1. The lowest BCUT2D eigenvalue weighted by Gasteiger charge is -2.50. The van der Waals surface area contributed by atoms with E-state index in [9.17, 15) is 10.2 Å². The van der Waals surface area contributed by atoms with Gasteiger partial charge in [-0.3, -0.25) is 0 Å². The predicted octanol–water partition coefficient (Wildman–Crippen LogP) is 10.9. The second-order valence-corrected chi connectivity index (χ2v) is 22.8. The molecule has 478 valence electrons. The van der Waals surface area contributed by atoms with Crippen molar-refractivity contribution in [2.24, 2.45) is 0 Å². The molecule has 8 aromatic rings. The molecule has 0 bridgehead atoms. The predicted molar refractivity (Wildman–Crippen MR) is 338 cm³/mol. The molecule has 3 saturated heterocycles. The first-order valence-corrected chi connectivity index (χ1v) is 31.2. The zero-order chi connectivity index (χ0) is 62.2. The van der Waals surface area contributed by atoms with Crippen LogP contribution in [0.3, 0.4) is 0 Å². The van der Waals surface area contributed by atoms with Crippen LogP contribution in [-0.4, -0.2) is 129 Å². The van der Waals surface area contributed by atoms with E-state index in [1.54, 1.807) is 0 Å². The molecule has 3 heterocycles. The maximum Gasteiger partial charge on any atom is 0.187 e. The standard InChI is InChI=1S/C75H82O16/c1-78-73-70(84-48-58-36-20-7-21-37-58)67(64(77)62(89-73)52-87-74-71(85-49-59-38-22-8-23-39-59)68(82-46-56-32-16-5-17-33-56)65(61(42-76)88-74)80-44-54-28-12-3-13-29-54)91-75-72(86-50-60-40-24-9-25-41-60)69(83-47-57-34-18-6-19-35-57)66(81-45-55-30-14-4-15-31-55)63(90-75)51-79-43-53-26-10-2-11-27-53/h2-41,61-77H,42-52H2,1H3/t61-,62-,63-,64-,65-,66-,67+,68+,69+,70-,71-,72-,73+,74-,75+/m1/s1. The molecule has 3 fully saturated rings. The Hall–Kier alpha value is -6.88. The molecule has 0 unspecified atom stereocenters. The van der Waals surface area contributed by atoms with Crippen LogP contribution in [0, 0.1) is 0 Å². The number of ether oxygens (including phenoxy) is 14. The fourth-order valence-corrected chi connectivity index (χ4v) is 11.5. The monoisotopic (exact) mass is 1240 g/mol. The lowest BCUT2D eigenvalue weighted by Crippen LogP contribution is -2.66. The van der Waals surface area contributed by atoms with Gasteiger partial charge in [0.1, 0.15) is 73.2 Å². The maximum absolute atomic E-state index is 13.2. The number of rotatable bonds is 32. The molecule has 0 spiro atoms. The van der Waals surface area contributed by atoms with Gasteiger partial charge in [0.15, 0.2) is 18.9 Å². The van der Waals surface area contributed by atoms with Gasteiger partial charge in [-0.05, 0) is 44.5 Å². The van der Waals surface area contributed by atoms with Gasteiger partial charge < -0.3 is 76.5 Å². The van der Waals surface area contributed by atoms with E-state index >= 15 is 0 Å². The Balaban J connectivity index is 0.931. The largest absolute Gasteiger partial charge is 0.394 e. The average molecular weight is 1240 g/mol. The smallest absolute Gasteiger partial charge is 0.187 e. The van der Waals surface area contributed by atoms with E-state index in [-0.39, 0.29) is 66.1 Å². The van der Waals surface area contributed by atoms with Gasteiger partial charge in [0.05, 0.1) is 72.7 Å². The molecule has 0 saturated carbocycles. The van der Waals surface area contributed by atoms with E-state index in [0.717, 1.165) is 44.5 Å². The minimum absolute atomic E-state index is 0.0597. The summed E-state index contributed by atoms with van der Waals surface area (Å²) in [7, 11) is 1.51. The van der Waals surface area contributed by atoms with Crippen molar-refractivity contribution in [3.05, 3.63) is 287 Å². The van der Waals surface area contributed by atoms with Gasteiger partial charge >= 0.3 is 0 Å². The average Bonchev–Trinajstić information content (AvgIpc) is 1.02. The molecule has 0 radical (unpaired) electrons. The summed E-state index contributed by atoms with van der Waals surface area (Å²) < 4.78 is 95.9. The van der Waals surface area contributed by atoms with Crippen LogP contribution in [0.25, 0.3) is 0 Å². The molecular formula is C75H82O16. The van der Waals surface area contributed by atoms with Crippen molar-refractivity contribution in [3.63, 3.8) is 0 Å². The van der Waals surface area contributed by atoms with Gasteiger partial charge in [-0.1, -0.05) is 243 Å². The summed E-state index contributed by atoms with van der Waals surface area (Å²) in [6, 6.07) is 78.6. The highest BCUT2D eigenvalue weighted by atomic mass is 16.8. The minimum Gasteiger partial charge on any atom is -0.394 e. The molecule has 0 amide bonds. The van der Waals surface area contributed by atoms with Crippen molar-refractivity contribution >= 4 is 0 Å². The fraction of sp³-hybridized carbons (Fsp3) is 0.360. The Morgan fingerprint density at radius 2 is 0.571 bits per heavy atom. The molecule has 16 nitrogen and oxygen atoms in total. The highest BCUT2D eigenvalue weighted by molar-refractivity contribution is 5.20. The van der Waals surface area contributed by atoms with E-state index in [2.05, 4.69) is 0 Å². The van der Waals surface area contributed by atoms with Crippen LogP contribution in [0.5, 0.6) is 0 Å². The van der Waals surface area contributed by atoms with Gasteiger partial charge in [0.25, 0.3) is 0 Å². The molecule has 16 heteroatoms. The molecule has 0 aromatic heterocycles. The lowest BCUT2D eigenvalue weighted by atomic mass is 9.95. The first-order valence-electron chi connectivity index (χ1n) is 31.2. The van der Waals surface area contributed by atoms with E-state index in [1.807, 2.05) is 243 Å². The minimum atomic E-state index is -1.50. The molecule has 15 atom stereocenters. The van der Waals surface area contributed by atoms with Crippen LogP contribution in [0.2, 0.25) is 0 Å². The summed E-state index contributed by atoms with van der Waals surface area (Å²) in [5.41, 5.74) is 7.34. The number of hydrogen-bond donors (Lipinski definition) is 2. The zero-order valence-electron chi connectivity index (χ0n) is 51.1. The SMILES string of the molecule is CO[C@H]1O[C@H](CO[C@@H]2O[C@H](CO)[C@@H](OCc3ccccc3)[C@H](OCc3ccccc3)[C@H]2OCc2ccccc2)[C@@H](O)[C@H](O[C@@H]2O[C@H](COCc3ccccc3)[C@@H](OCc3ccccc3)[C@H](OCc3ccccc3)[C@H]2OCc2ccccc2)[C@H]1OCc1ccccc1. The van der Waals surface area contributed by atoms with Crippen molar-refractivity contribution < 1.29 is 76.5 Å². The van der Waals surface area contributed by atoms with E-state index < -0.39 is 98.7 Å². The van der Waals surface area contributed by atoms with Crippen molar-refractivity contribution in [2.75, 3.05) is 26.9 Å². The molecule has 2 N–H and O–H groups in total. The van der Waals surface area contributed by atoms with Crippen LogP contribution in [0.4, 0.5) is 0 Å². The Morgan fingerprint density at radius 1 is 0.286 bits per heavy atom. The quantitative estimate of drug-likeness (QED) is 0.0408. The first kappa shape index (κ1) is 65.6. The first-order chi connectivity index (χ1) is 45.0. The van der Waals surface area contributed by atoms with Crippen LogP contribution in [0.1, 0.15) is 44.5 Å². The topological polar surface area (TPSA) is 170 Å². The van der Waals surface area contributed by atoms with Gasteiger partial charge in [0.2, 0.25) is 0 Å². The van der Waals surface area contributed by atoms with Crippen LogP contribution < -0.4 is 0 Å². The van der Waals surface area contributed by atoms with Crippen LogP contribution >= 0.6 is 0 Å². The van der Waals surface area contributed by atoms with Gasteiger partial charge in [-0.25, -0.2) is 0 Å². The van der Waals surface area contributed by atoms with Gasteiger partial charge in [-0.15, -0.1) is 0 Å². The number of aliphatic hydroxyl groups is 2. The highest BCUT2D eigenvalue weighted by Gasteiger charge is 2.55. The fourth-order valence-electron chi connectivity index (χ4n) is 11.5. The summed E-state index contributed by atoms with van der Waals surface area (Å²) in [6.07, 6.45) is -15.7. The van der Waals surface area contributed by atoms with E-state index in [4.69, 9.17) is 66.3 Å². The third kappa shape index (κ3) is 18.7. The molecule has 91 heavy (non-hydrogen) atoms. The van der Waals surface area contributed by atoms with Gasteiger partial charge in [-0.2, -0.15) is 0 Å². The van der Waals surface area contributed by atoms with Crippen LogP contribution in [-0.2, 0) is 119 Å². The summed E-state index contributed by atoms with van der Waals surface area (Å²) in [4.78, 5) is 0. The summed E-state index contributed by atoms with van der Waals surface area (Å²) in [5.74, 6) is 0. The number of benzene rings is 8. The van der Waals surface area contributed by atoms with Crippen molar-refractivity contribution in [1.29, 1.82) is 0 Å². The summed E-state index contributed by atoms with van der Waals surface area (Å²) >= 11 is 0. The Bertz CT molecular complexity index is 3260. The lowest BCUT2D eigenvalue weighted by molar-refractivity contribution is -0.378. The third-order valence-corrected chi connectivity index (χ3v) is 16.3. The second kappa shape index (κ2) is 34.7. The van der Waals surface area contributed by atoms with E-state index in [1.165, 1.54) is 7.11 Å². The molecule has 11 rings (SSSR count). The second-order valence-electron chi connectivity index (χ2n) is 22.8. The molecule has 8 aromatic carbocycles. The summed E-state index contributed by atoms with van der Waals surface area (Å²) in [6.45, 7) is 0.807. The highest BCUT2D eigenvalue weighted by Crippen LogP contribution is 2.38. The number of methoxy groups -OCH3 is 1. The van der Waals surface area contributed by atoms with Gasteiger partial charge in [0, 0.05) is 7.11 Å². The summed E-state index contributed by atoms with van der Waals surface area (Å²) in [5, 5.41) is 24.4. The van der Waals surface area contributed by atoms with Crippen LogP contribution in [0.15, 0.2) is 243 Å². The third-order valence-electron chi connectivity index (χ3n) is 16.3. The van der Waals surface area contributed by atoms with Crippen molar-refractivity contribution in [1.82, 2.24) is 0 Å². The van der Waals surface area contributed by atoms with E-state index in [0.29, 0.717) is 0 Å². The number of hydrogen-bond acceptors (Lipinski definition) is 16.